The van der Waals surface area contributed by atoms with Crippen LogP contribution in [0.2, 0.25) is 0 Å². The van der Waals surface area contributed by atoms with Crippen molar-refractivity contribution in [1.29, 1.82) is 0 Å². The first-order valence-corrected chi connectivity index (χ1v) is 7.78. The van der Waals surface area contributed by atoms with Gasteiger partial charge in [-0.3, -0.25) is 14.7 Å². The predicted molar refractivity (Wildman–Crippen MR) is 71.5 cm³/mol. The second kappa shape index (κ2) is 4.17. The molecule has 0 amide bonds. The molecule has 8 nitrogen and oxygen atoms in total. The van der Waals surface area contributed by atoms with Gasteiger partial charge in [0.2, 0.25) is 0 Å². The van der Waals surface area contributed by atoms with E-state index in [2.05, 4.69) is 4.98 Å². The van der Waals surface area contributed by atoms with Gasteiger partial charge in [0.15, 0.2) is 9.84 Å². The lowest BCUT2D eigenvalue weighted by atomic mass is 10.2. The summed E-state index contributed by atoms with van der Waals surface area (Å²) in [6.45, 7) is 0. The zero-order chi connectivity index (χ0) is 14.5. The second-order valence-electron chi connectivity index (χ2n) is 4.82. The Balaban J connectivity index is 2.19. The number of non-ortho nitro benzene ring substituents is 1. The minimum atomic E-state index is -3.14. The maximum absolute atomic E-state index is 12.0. The van der Waals surface area contributed by atoms with Crippen LogP contribution in [0, 0.1) is 10.1 Å². The van der Waals surface area contributed by atoms with E-state index in [-0.39, 0.29) is 17.2 Å². The molecular formula is C11H11N3O5S. The van der Waals surface area contributed by atoms with E-state index in [4.69, 9.17) is 0 Å². The topological polar surface area (TPSA) is 115 Å². The van der Waals surface area contributed by atoms with Gasteiger partial charge in [-0.1, -0.05) is 0 Å². The molecule has 0 spiro atoms. The molecule has 9 heteroatoms. The van der Waals surface area contributed by atoms with Gasteiger partial charge >= 0.3 is 5.69 Å². The third-order valence-electron chi connectivity index (χ3n) is 3.49. The van der Waals surface area contributed by atoms with E-state index >= 15 is 0 Å². The van der Waals surface area contributed by atoms with E-state index in [0.717, 1.165) is 0 Å². The number of hydrogen-bond donors (Lipinski definition) is 1. The first kappa shape index (κ1) is 12.9. The minimum absolute atomic E-state index is 0.0334. The molecule has 20 heavy (non-hydrogen) atoms. The number of nitro groups is 1. The SMILES string of the molecule is O=c1[nH]c2ccc([N+](=O)[O-])cc2n1[C@H]1CCS(=O)(=O)C1. The summed E-state index contributed by atoms with van der Waals surface area (Å²) in [5.41, 5.74) is 0.255. The number of nitrogens with zero attached hydrogens (tertiary/aromatic N) is 2. The van der Waals surface area contributed by atoms with Crippen LogP contribution in [0.4, 0.5) is 5.69 Å². The zero-order valence-corrected chi connectivity index (χ0v) is 11.1. The molecular weight excluding hydrogens is 286 g/mol. The number of nitrogens with one attached hydrogen (secondary N) is 1. The van der Waals surface area contributed by atoms with Gasteiger partial charge in [-0.25, -0.2) is 13.2 Å². The monoisotopic (exact) mass is 297 g/mol. The van der Waals surface area contributed by atoms with Crippen LogP contribution < -0.4 is 5.69 Å². The lowest BCUT2D eigenvalue weighted by Gasteiger charge is -2.09. The molecule has 2 aromatic rings. The molecule has 1 aliphatic heterocycles. The molecule has 1 saturated heterocycles. The summed E-state index contributed by atoms with van der Waals surface area (Å²) in [5, 5.41) is 10.8. The van der Waals surface area contributed by atoms with Crippen LogP contribution in [-0.2, 0) is 9.84 Å². The third kappa shape index (κ3) is 1.99. The van der Waals surface area contributed by atoms with E-state index in [1.165, 1.54) is 22.8 Å². The molecule has 0 radical (unpaired) electrons. The van der Waals surface area contributed by atoms with Crippen molar-refractivity contribution < 1.29 is 13.3 Å². The smallest absolute Gasteiger partial charge is 0.306 e. The third-order valence-corrected chi connectivity index (χ3v) is 5.24. The summed E-state index contributed by atoms with van der Waals surface area (Å²) in [5.74, 6) is -0.0751. The number of benzene rings is 1. The molecule has 1 N–H and O–H groups in total. The number of imidazole rings is 1. The van der Waals surface area contributed by atoms with E-state index < -0.39 is 26.5 Å². The summed E-state index contributed by atoms with van der Waals surface area (Å²) in [6, 6.07) is 3.57. The predicted octanol–water partition coefficient (Wildman–Crippen LogP) is 0.597. The Morgan fingerprint density at radius 3 is 2.75 bits per heavy atom. The highest BCUT2D eigenvalue weighted by Gasteiger charge is 2.31. The van der Waals surface area contributed by atoms with Gasteiger partial charge in [0.05, 0.1) is 33.5 Å². The number of rotatable bonds is 2. The molecule has 1 fully saturated rings. The van der Waals surface area contributed by atoms with Gasteiger partial charge in [-0.15, -0.1) is 0 Å². The highest BCUT2D eigenvalue weighted by Crippen LogP contribution is 2.27. The summed E-state index contributed by atoms with van der Waals surface area (Å²) in [4.78, 5) is 24.8. The number of aromatic amines is 1. The van der Waals surface area contributed by atoms with Gasteiger partial charge in [-0.05, 0) is 12.5 Å². The molecule has 3 rings (SSSR count). The molecule has 0 bridgehead atoms. The minimum Gasteiger partial charge on any atom is -0.306 e. The first-order valence-electron chi connectivity index (χ1n) is 5.96. The molecule has 1 atom stereocenters. The Morgan fingerprint density at radius 2 is 2.15 bits per heavy atom. The maximum atomic E-state index is 12.0. The van der Waals surface area contributed by atoms with Crippen molar-refractivity contribution in [2.75, 3.05) is 11.5 Å². The Kier molecular flexibility index (Phi) is 2.68. The molecule has 1 aromatic heterocycles. The first-order chi connectivity index (χ1) is 9.37. The maximum Gasteiger partial charge on any atom is 0.326 e. The van der Waals surface area contributed by atoms with E-state index in [1.54, 1.807) is 0 Å². The van der Waals surface area contributed by atoms with Crippen molar-refractivity contribution in [3.05, 3.63) is 38.8 Å². The number of aromatic nitrogens is 2. The van der Waals surface area contributed by atoms with E-state index in [1.807, 2.05) is 0 Å². The van der Waals surface area contributed by atoms with Crippen molar-refractivity contribution in [2.24, 2.45) is 0 Å². The van der Waals surface area contributed by atoms with Gasteiger partial charge < -0.3 is 4.98 Å². The van der Waals surface area contributed by atoms with Crippen LogP contribution >= 0.6 is 0 Å². The van der Waals surface area contributed by atoms with E-state index in [0.29, 0.717) is 17.5 Å². The highest BCUT2D eigenvalue weighted by molar-refractivity contribution is 7.91. The second-order valence-corrected chi connectivity index (χ2v) is 7.04. The van der Waals surface area contributed by atoms with Crippen molar-refractivity contribution in [3.8, 4) is 0 Å². The normalized spacial score (nSPS) is 21.3. The molecule has 2 heterocycles. The average Bonchev–Trinajstić information content (AvgIpc) is 2.86. The average molecular weight is 297 g/mol. The number of nitro benzene ring substituents is 1. The van der Waals surface area contributed by atoms with Crippen molar-refractivity contribution in [3.63, 3.8) is 0 Å². The fraction of sp³-hybridized carbons (Fsp3) is 0.364. The quantitative estimate of drug-likeness (QED) is 0.643. The lowest BCUT2D eigenvalue weighted by Crippen LogP contribution is -2.23. The van der Waals surface area contributed by atoms with Crippen LogP contribution in [-0.4, -0.2) is 34.4 Å². The largest absolute Gasteiger partial charge is 0.326 e. The van der Waals surface area contributed by atoms with E-state index in [9.17, 15) is 23.3 Å². The van der Waals surface area contributed by atoms with Crippen LogP contribution in [0.3, 0.4) is 0 Å². The van der Waals surface area contributed by atoms with Crippen LogP contribution in [0.1, 0.15) is 12.5 Å². The molecule has 1 aliphatic rings. The Morgan fingerprint density at radius 1 is 1.40 bits per heavy atom. The molecule has 0 saturated carbocycles. The summed E-state index contributed by atoms with van der Waals surface area (Å²) in [6.07, 6.45) is 0.345. The fourth-order valence-electron chi connectivity index (χ4n) is 2.56. The van der Waals surface area contributed by atoms with Gasteiger partial charge in [0.1, 0.15) is 0 Å². The van der Waals surface area contributed by atoms with Gasteiger partial charge in [0, 0.05) is 12.1 Å². The molecule has 0 unspecified atom stereocenters. The number of hydrogen-bond acceptors (Lipinski definition) is 5. The summed E-state index contributed by atoms with van der Waals surface area (Å²) < 4.78 is 24.4. The number of H-pyrrole nitrogens is 1. The highest BCUT2D eigenvalue weighted by atomic mass is 32.2. The number of fused-ring (bicyclic) bond motifs is 1. The van der Waals surface area contributed by atoms with Crippen LogP contribution in [0.5, 0.6) is 0 Å². The molecule has 1 aromatic carbocycles. The van der Waals surface area contributed by atoms with Gasteiger partial charge in [-0.2, -0.15) is 0 Å². The number of sulfone groups is 1. The Hall–Kier alpha value is -2.16. The Bertz CT molecular complexity index is 864. The van der Waals surface area contributed by atoms with Crippen molar-refractivity contribution in [1.82, 2.24) is 9.55 Å². The van der Waals surface area contributed by atoms with Crippen molar-refractivity contribution in [2.45, 2.75) is 12.5 Å². The fourth-order valence-corrected chi connectivity index (χ4v) is 4.26. The standard InChI is InChI=1S/C11H11N3O5S/c15-11-12-9-2-1-7(14(16)17)5-10(9)13(11)8-3-4-20(18,19)6-8/h1-2,5,8H,3-4,6H2,(H,12,15)/t8-/m0/s1. The zero-order valence-electron chi connectivity index (χ0n) is 10.3. The van der Waals surface area contributed by atoms with Crippen molar-refractivity contribution >= 4 is 26.6 Å². The summed E-state index contributed by atoms with van der Waals surface area (Å²) >= 11 is 0. The lowest BCUT2D eigenvalue weighted by molar-refractivity contribution is -0.384. The molecule has 106 valence electrons. The Labute approximate surface area is 113 Å². The summed E-state index contributed by atoms with van der Waals surface area (Å²) in [7, 11) is -3.14. The van der Waals surface area contributed by atoms with Crippen LogP contribution in [0.25, 0.3) is 11.0 Å². The van der Waals surface area contributed by atoms with Gasteiger partial charge in [0.25, 0.3) is 5.69 Å². The molecule has 0 aliphatic carbocycles. The van der Waals surface area contributed by atoms with Crippen LogP contribution in [0.15, 0.2) is 23.0 Å².